The van der Waals surface area contributed by atoms with Gasteiger partial charge in [0.15, 0.2) is 0 Å². The number of benzene rings is 1. The summed E-state index contributed by atoms with van der Waals surface area (Å²) < 4.78 is 21.4. The second-order valence-corrected chi connectivity index (χ2v) is 5.60. The first-order valence-corrected chi connectivity index (χ1v) is 6.87. The van der Waals surface area contributed by atoms with Gasteiger partial charge in [-0.15, -0.1) is 0 Å². The van der Waals surface area contributed by atoms with E-state index in [0.29, 0.717) is 5.56 Å². The van der Waals surface area contributed by atoms with Crippen LogP contribution >= 0.6 is 0 Å². The molecule has 1 amide bonds. The van der Waals surface area contributed by atoms with Crippen LogP contribution in [0.25, 0.3) is 0 Å². The number of sulfonamides is 1. The van der Waals surface area contributed by atoms with E-state index in [1.54, 1.807) is 12.1 Å². The maximum Gasteiger partial charge on any atom is 0.251 e. The molecule has 0 heterocycles. The first-order valence-electron chi connectivity index (χ1n) is 5.16. The minimum atomic E-state index is -3.53. The van der Waals surface area contributed by atoms with Crippen LogP contribution in [0.4, 0.5) is 0 Å². The zero-order valence-electron chi connectivity index (χ0n) is 9.86. The zero-order valence-corrected chi connectivity index (χ0v) is 10.7. The first kappa shape index (κ1) is 13.7. The fourth-order valence-electron chi connectivity index (χ4n) is 1.40. The Labute approximate surface area is 101 Å². The largest absolute Gasteiger partial charge is 0.351 e. The van der Waals surface area contributed by atoms with Gasteiger partial charge in [0.25, 0.3) is 5.91 Å². The molecule has 0 fully saturated rings. The zero-order chi connectivity index (χ0) is 13.1. The van der Waals surface area contributed by atoms with Gasteiger partial charge < -0.3 is 5.32 Å². The van der Waals surface area contributed by atoms with Crippen molar-refractivity contribution in [3.63, 3.8) is 0 Å². The summed E-state index contributed by atoms with van der Waals surface area (Å²) in [5, 5.41) is 7.36. The molecular weight excluding hydrogens is 240 g/mol. The third kappa shape index (κ3) is 4.16. The van der Waals surface area contributed by atoms with Gasteiger partial charge in [0.2, 0.25) is 10.0 Å². The van der Waals surface area contributed by atoms with Crippen LogP contribution in [-0.4, -0.2) is 26.6 Å². The number of primary sulfonamides is 1. The van der Waals surface area contributed by atoms with E-state index >= 15 is 0 Å². The molecule has 5 nitrogen and oxygen atoms in total. The Morgan fingerprint density at radius 1 is 1.35 bits per heavy atom. The van der Waals surface area contributed by atoms with E-state index in [4.69, 9.17) is 5.14 Å². The van der Waals surface area contributed by atoms with Gasteiger partial charge in [-0.2, -0.15) is 0 Å². The van der Waals surface area contributed by atoms with Crippen molar-refractivity contribution in [2.45, 2.75) is 13.8 Å². The average Bonchev–Trinajstić information content (AvgIpc) is 2.20. The van der Waals surface area contributed by atoms with Gasteiger partial charge in [-0.05, 0) is 31.0 Å². The van der Waals surface area contributed by atoms with Gasteiger partial charge in [0.05, 0.1) is 5.75 Å². The molecule has 0 aliphatic rings. The molecule has 0 saturated heterocycles. The van der Waals surface area contributed by atoms with E-state index in [0.717, 1.165) is 11.1 Å². The van der Waals surface area contributed by atoms with Gasteiger partial charge in [0, 0.05) is 12.1 Å². The molecular formula is C11H16N2O3S. The summed E-state index contributed by atoms with van der Waals surface area (Å²) in [6, 6.07) is 5.40. The average molecular weight is 256 g/mol. The lowest BCUT2D eigenvalue weighted by Gasteiger charge is -2.08. The summed E-state index contributed by atoms with van der Waals surface area (Å²) in [7, 11) is -3.53. The summed E-state index contributed by atoms with van der Waals surface area (Å²) in [4.78, 5) is 11.8. The first-order chi connectivity index (χ1) is 7.81. The van der Waals surface area contributed by atoms with E-state index in [1.165, 1.54) is 0 Å². The van der Waals surface area contributed by atoms with Gasteiger partial charge >= 0.3 is 0 Å². The van der Waals surface area contributed by atoms with Crippen molar-refractivity contribution < 1.29 is 13.2 Å². The molecule has 1 rings (SSSR count). The van der Waals surface area contributed by atoms with Crippen molar-refractivity contribution in [1.29, 1.82) is 0 Å². The number of nitrogens with one attached hydrogen (secondary N) is 1. The lowest BCUT2D eigenvalue weighted by molar-refractivity contribution is 0.0955. The van der Waals surface area contributed by atoms with Gasteiger partial charge in [-0.25, -0.2) is 13.6 Å². The summed E-state index contributed by atoms with van der Waals surface area (Å²) in [5.41, 5.74) is 2.46. The summed E-state index contributed by atoms with van der Waals surface area (Å²) in [6.45, 7) is 3.78. The van der Waals surface area contributed by atoms with Crippen LogP contribution in [0.15, 0.2) is 18.2 Å². The Morgan fingerprint density at radius 2 is 2.00 bits per heavy atom. The molecule has 17 heavy (non-hydrogen) atoms. The second-order valence-electron chi connectivity index (χ2n) is 3.87. The number of carbonyl (C=O) groups excluding carboxylic acids is 1. The van der Waals surface area contributed by atoms with Crippen molar-refractivity contribution >= 4 is 15.9 Å². The number of rotatable bonds is 4. The van der Waals surface area contributed by atoms with Crippen molar-refractivity contribution in [1.82, 2.24) is 5.32 Å². The predicted molar refractivity (Wildman–Crippen MR) is 66.2 cm³/mol. The Balaban J connectivity index is 2.68. The van der Waals surface area contributed by atoms with Crippen molar-refractivity contribution in [3.8, 4) is 0 Å². The standard InChI is InChI=1S/C11H16N2O3S/c1-8-4-3-5-10(9(8)2)11(14)13-6-7-17(12,15)16/h3-5H,6-7H2,1-2H3,(H,13,14)(H2,12,15,16). The van der Waals surface area contributed by atoms with E-state index in [-0.39, 0.29) is 18.2 Å². The third-order valence-corrected chi connectivity index (χ3v) is 3.29. The number of aryl methyl sites for hydroxylation is 1. The molecule has 0 atom stereocenters. The van der Waals surface area contributed by atoms with Gasteiger partial charge in [-0.3, -0.25) is 4.79 Å². The number of carbonyl (C=O) groups is 1. The highest BCUT2D eigenvalue weighted by Gasteiger charge is 2.10. The highest BCUT2D eigenvalue weighted by atomic mass is 32.2. The van der Waals surface area contributed by atoms with E-state index in [1.807, 2.05) is 19.9 Å². The normalized spacial score (nSPS) is 11.2. The van der Waals surface area contributed by atoms with Crippen molar-refractivity contribution in [2.75, 3.05) is 12.3 Å². The number of hydrogen-bond acceptors (Lipinski definition) is 3. The fourth-order valence-corrected chi connectivity index (χ4v) is 1.79. The molecule has 0 aliphatic heterocycles. The molecule has 1 aromatic carbocycles. The molecule has 3 N–H and O–H groups in total. The van der Waals surface area contributed by atoms with E-state index in [2.05, 4.69) is 5.32 Å². The fraction of sp³-hybridized carbons (Fsp3) is 0.364. The molecule has 0 unspecified atom stereocenters. The highest BCUT2D eigenvalue weighted by molar-refractivity contribution is 7.89. The van der Waals surface area contributed by atoms with E-state index < -0.39 is 10.0 Å². The lowest BCUT2D eigenvalue weighted by Crippen LogP contribution is -2.31. The van der Waals surface area contributed by atoms with Gasteiger partial charge in [0.1, 0.15) is 0 Å². The van der Waals surface area contributed by atoms with Crippen LogP contribution in [0.3, 0.4) is 0 Å². The topological polar surface area (TPSA) is 89.3 Å². The monoisotopic (exact) mass is 256 g/mol. The summed E-state index contributed by atoms with van der Waals surface area (Å²) in [6.07, 6.45) is 0. The molecule has 94 valence electrons. The molecule has 0 aliphatic carbocycles. The van der Waals surface area contributed by atoms with Crippen LogP contribution in [0.2, 0.25) is 0 Å². The molecule has 0 radical (unpaired) electrons. The van der Waals surface area contributed by atoms with Crippen LogP contribution < -0.4 is 10.5 Å². The maximum atomic E-state index is 11.8. The van der Waals surface area contributed by atoms with Gasteiger partial charge in [-0.1, -0.05) is 12.1 Å². The van der Waals surface area contributed by atoms with Crippen molar-refractivity contribution in [3.05, 3.63) is 34.9 Å². The van der Waals surface area contributed by atoms with E-state index in [9.17, 15) is 13.2 Å². The molecule has 1 aromatic rings. The summed E-state index contributed by atoms with van der Waals surface area (Å²) >= 11 is 0. The number of hydrogen-bond donors (Lipinski definition) is 2. The quantitative estimate of drug-likeness (QED) is 0.813. The van der Waals surface area contributed by atoms with Crippen LogP contribution in [0, 0.1) is 13.8 Å². The maximum absolute atomic E-state index is 11.8. The molecule has 0 bridgehead atoms. The summed E-state index contributed by atoms with van der Waals surface area (Å²) in [5.74, 6) is -0.543. The Morgan fingerprint density at radius 3 is 2.59 bits per heavy atom. The highest BCUT2D eigenvalue weighted by Crippen LogP contribution is 2.12. The Kier molecular flexibility index (Phi) is 4.25. The Hall–Kier alpha value is -1.40. The molecule has 0 spiro atoms. The molecule has 0 saturated carbocycles. The number of amides is 1. The van der Waals surface area contributed by atoms with Crippen LogP contribution in [-0.2, 0) is 10.0 Å². The van der Waals surface area contributed by atoms with Crippen LogP contribution in [0.5, 0.6) is 0 Å². The predicted octanol–water partition coefficient (Wildman–Crippen LogP) is 0.322. The minimum absolute atomic E-state index is 0.0189. The second kappa shape index (κ2) is 5.29. The lowest BCUT2D eigenvalue weighted by atomic mass is 10.0. The Bertz CT molecular complexity index is 524. The molecule has 0 aromatic heterocycles. The van der Waals surface area contributed by atoms with Crippen molar-refractivity contribution in [2.24, 2.45) is 5.14 Å². The van der Waals surface area contributed by atoms with Crippen LogP contribution in [0.1, 0.15) is 21.5 Å². The number of nitrogens with two attached hydrogens (primary N) is 1. The minimum Gasteiger partial charge on any atom is -0.351 e. The SMILES string of the molecule is Cc1cccc(C(=O)NCCS(N)(=O)=O)c1C. The molecule has 6 heteroatoms. The third-order valence-electron chi connectivity index (χ3n) is 2.52. The smallest absolute Gasteiger partial charge is 0.251 e.